The van der Waals surface area contributed by atoms with E-state index in [9.17, 15) is 0 Å². The minimum Gasteiger partial charge on any atom is -0.490 e. The molecule has 0 aliphatic heterocycles. The molecule has 7 aromatic rings. The first kappa shape index (κ1) is 33.1. The third kappa shape index (κ3) is 6.61. The van der Waals surface area contributed by atoms with E-state index in [4.69, 9.17) is 9.47 Å². The first-order chi connectivity index (χ1) is 24.7. The monoisotopic (exact) mass is 668 g/mol. The zero-order valence-electron chi connectivity index (χ0n) is 30.6. The van der Waals surface area contributed by atoms with E-state index in [0.717, 1.165) is 30.8 Å². The van der Waals surface area contributed by atoms with Crippen LogP contribution in [0, 0.1) is 11.8 Å². The molecule has 3 atom stereocenters. The minimum atomic E-state index is -0.295. The van der Waals surface area contributed by atoms with Crippen LogP contribution < -0.4 is 9.47 Å². The number of rotatable bonds is 8. The summed E-state index contributed by atoms with van der Waals surface area (Å²) >= 11 is 0. The van der Waals surface area contributed by atoms with Gasteiger partial charge in [0, 0.05) is 11.1 Å². The van der Waals surface area contributed by atoms with E-state index in [1.165, 1.54) is 72.1 Å². The molecule has 0 heterocycles. The molecule has 0 bridgehead atoms. The van der Waals surface area contributed by atoms with Crippen molar-refractivity contribution in [1.29, 1.82) is 0 Å². The van der Waals surface area contributed by atoms with Crippen LogP contribution in [0.2, 0.25) is 0 Å². The maximum absolute atomic E-state index is 7.02. The van der Waals surface area contributed by atoms with E-state index in [-0.39, 0.29) is 11.7 Å². The molecule has 3 unspecified atom stereocenters. The molecule has 0 aromatic heterocycles. The van der Waals surface area contributed by atoms with Gasteiger partial charge in [-0.25, -0.2) is 0 Å². The third-order valence-corrected chi connectivity index (χ3v) is 10.9. The second-order valence-electron chi connectivity index (χ2n) is 15.6. The fourth-order valence-electron chi connectivity index (χ4n) is 8.35. The molecule has 0 N–H and O–H groups in total. The van der Waals surface area contributed by atoms with Crippen LogP contribution in [0.5, 0.6) is 11.5 Å². The molecule has 256 valence electrons. The Kier molecular flexibility index (Phi) is 8.80. The molecule has 0 spiro atoms. The van der Waals surface area contributed by atoms with Crippen molar-refractivity contribution in [3.63, 3.8) is 0 Å². The smallest absolute Gasteiger partial charge is 0.128 e. The van der Waals surface area contributed by atoms with Crippen LogP contribution >= 0.6 is 0 Å². The van der Waals surface area contributed by atoms with Gasteiger partial charge in [-0.2, -0.15) is 0 Å². The molecule has 51 heavy (non-hydrogen) atoms. The van der Waals surface area contributed by atoms with E-state index in [1.54, 1.807) is 0 Å². The Hall–Kier alpha value is -5.08. The van der Waals surface area contributed by atoms with Crippen molar-refractivity contribution >= 4 is 32.3 Å². The highest BCUT2D eigenvalue weighted by molar-refractivity contribution is 6.07. The van der Waals surface area contributed by atoms with Crippen LogP contribution in [0.25, 0.3) is 54.6 Å². The Bertz CT molecular complexity index is 2350. The number of aryl methyl sites for hydroxylation is 1. The second kappa shape index (κ2) is 13.6. The first-order valence-corrected chi connectivity index (χ1v) is 18.7. The fourth-order valence-corrected chi connectivity index (χ4v) is 8.35. The highest BCUT2D eigenvalue weighted by Gasteiger charge is 2.29. The molecule has 0 saturated heterocycles. The van der Waals surface area contributed by atoms with Gasteiger partial charge in [-0.1, -0.05) is 128 Å². The van der Waals surface area contributed by atoms with Gasteiger partial charge in [-0.05, 0) is 132 Å². The summed E-state index contributed by atoms with van der Waals surface area (Å²) in [6.45, 7) is 11.1. The lowest BCUT2D eigenvalue weighted by molar-refractivity contribution is 0.131. The molecule has 1 aliphatic rings. The summed E-state index contributed by atoms with van der Waals surface area (Å²) < 4.78 is 13.7. The van der Waals surface area contributed by atoms with Crippen LogP contribution in [0.15, 0.2) is 133 Å². The highest BCUT2D eigenvalue weighted by Crippen LogP contribution is 2.45. The Balaban J connectivity index is 1.10. The van der Waals surface area contributed by atoms with Gasteiger partial charge < -0.3 is 9.47 Å². The molecule has 0 saturated carbocycles. The molecule has 0 amide bonds. The Morgan fingerprint density at radius 1 is 0.588 bits per heavy atom. The van der Waals surface area contributed by atoms with Crippen molar-refractivity contribution in [2.24, 2.45) is 11.8 Å². The van der Waals surface area contributed by atoms with Crippen molar-refractivity contribution in [2.75, 3.05) is 0 Å². The van der Waals surface area contributed by atoms with Crippen LogP contribution in [0.1, 0.15) is 58.6 Å². The Morgan fingerprint density at radius 2 is 1.14 bits per heavy atom. The normalized spacial score (nSPS) is 15.8. The SMILES string of the molecule is CC(CC1CCc2ccc(OC(C)(C)C)c(-c3cccc4ccccc34)c2C1)C(C)Oc1ccc2ccccc2c1-c1cccc2ccccc12. The van der Waals surface area contributed by atoms with Crippen molar-refractivity contribution < 1.29 is 9.47 Å². The zero-order chi connectivity index (χ0) is 35.1. The predicted octanol–water partition coefficient (Wildman–Crippen LogP) is 13.3. The second-order valence-corrected chi connectivity index (χ2v) is 15.6. The largest absolute Gasteiger partial charge is 0.490 e. The summed E-state index contributed by atoms with van der Waals surface area (Å²) in [6.07, 6.45) is 4.48. The van der Waals surface area contributed by atoms with Crippen molar-refractivity contribution in [2.45, 2.75) is 72.0 Å². The molecule has 0 radical (unpaired) electrons. The van der Waals surface area contributed by atoms with Gasteiger partial charge in [0.1, 0.15) is 17.1 Å². The standard InChI is InChI=1S/C49H48O2/c1-32(33(2)50-45-28-26-37-16-8-11-21-41(37)47(45)42-22-12-17-35-14-6-9-19-39(35)42)30-34-24-25-38-27-29-46(51-49(3,4)5)48(44(38)31-34)43-23-13-18-36-15-7-10-20-40(36)43/h6-23,26-29,32-34H,24-25,30-31H2,1-5H3. The molecular weight excluding hydrogens is 621 g/mol. The molecular formula is C49H48O2. The number of ether oxygens (including phenoxy) is 2. The van der Waals surface area contributed by atoms with Crippen LogP contribution in [0.3, 0.4) is 0 Å². The molecule has 1 aliphatic carbocycles. The number of fused-ring (bicyclic) bond motifs is 4. The zero-order valence-corrected chi connectivity index (χ0v) is 30.6. The molecule has 2 nitrogen and oxygen atoms in total. The summed E-state index contributed by atoms with van der Waals surface area (Å²) in [7, 11) is 0. The predicted molar refractivity (Wildman–Crippen MR) is 216 cm³/mol. The third-order valence-electron chi connectivity index (χ3n) is 10.9. The number of hydrogen-bond donors (Lipinski definition) is 0. The van der Waals surface area contributed by atoms with E-state index in [2.05, 4.69) is 168 Å². The van der Waals surface area contributed by atoms with Crippen molar-refractivity contribution in [3.05, 3.63) is 145 Å². The maximum Gasteiger partial charge on any atom is 0.128 e. The lowest BCUT2D eigenvalue weighted by atomic mass is 9.76. The van der Waals surface area contributed by atoms with Gasteiger partial charge in [-0.15, -0.1) is 0 Å². The summed E-state index contributed by atoms with van der Waals surface area (Å²) in [4.78, 5) is 0. The summed E-state index contributed by atoms with van der Waals surface area (Å²) in [5.41, 5.74) is 7.57. The van der Waals surface area contributed by atoms with Gasteiger partial charge in [0.2, 0.25) is 0 Å². The quantitative estimate of drug-likeness (QED) is 0.160. The van der Waals surface area contributed by atoms with Crippen LogP contribution in [-0.4, -0.2) is 11.7 Å². The first-order valence-electron chi connectivity index (χ1n) is 18.7. The van der Waals surface area contributed by atoms with Crippen LogP contribution in [0.4, 0.5) is 0 Å². The van der Waals surface area contributed by atoms with Gasteiger partial charge in [0.25, 0.3) is 0 Å². The van der Waals surface area contributed by atoms with Gasteiger partial charge in [0.15, 0.2) is 0 Å². The maximum atomic E-state index is 7.02. The summed E-state index contributed by atoms with van der Waals surface area (Å²) in [5, 5.41) is 7.49. The average Bonchev–Trinajstić information content (AvgIpc) is 3.13. The lowest BCUT2D eigenvalue weighted by Crippen LogP contribution is -2.27. The molecule has 8 rings (SSSR count). The highest BCUT2D eigenvalue weighted by atomic mass is 16.5. The Morgan fingerprint density at radius 3 is 1.78 bits per heavy atom. The van der Waals surface area contributed by atoms with Crippen molar-refractivity contribution in [1.82, 2.24) is 0 Å². The minimum absolute atomic E-state index is 0.0504. The van der Waals surface area contributed by atoms with Gasteiger partial charge >= 0.3 is 0 Å². The molecule has 2 heteroatoms. The molecule has 0 fully saturated rings. The van der Waals surface area contributed by atoms with E-state index >= 15 is 0 Å². The van der Waals surface area contributed by atoms with Gasteiger partial charge in [-0.3, -0.25) is 0 Å². The Labute approximate surface area is 303 Å². The fraction of sp³-hybridized carbons (Fsp3) is 0.265. The number of benzene rings is 7. The van der Waals surface area contributed by atoms with E-state index < -0.39 is 0 Å². The van der Waals surface area contributed by atoms with Crippen LogP contribution in [-0.2, 0) is 12.8 Å². The van der Waals surface area contributed by atoms with Gasteiger partial charge in [0.05, 0.1) is 6.10 Å². The summed E-state index contributed by atoms with van der Waals surface area (Å²) in [5.74, 6) is 2.88. The topological polar surface area (TPSA) is 18.5 Å². The molecule has 7 aromatic carbocycles. The number of hydrogen-bond acceptors (Lipinski definition) is 2. The van der Waals surface area contributed by atoms with E-state index in [1.807, 2.05) is 0 Å². The lowest BCUT2D eigenvalue weighted by Gasteiger charge is -2.33. The average molecular weight is 669 g/mol. The summed E-state index contributed by atoms with van der Waals surface area (Å²) in [6, 6.07) is 48.4. The van der Waals surface area contributed by atoms with E-state index in [0.29, 0.717) is 11.8 Å². The van der Waals surface area contributed by atoms with Crippen molar-refractivity contribution in [3.8, 4) is 33.8 Å².